The van der Waals surface area contributed by atoms with Crippen LogP contribution in [0.4, 0.5) is 0 Å². The Labute approximate surface area is 134 Å². The predicted octanol–water partition coefficient (Wildman–Crippen LogP) is 4.73. The molecule has 3 heteroatoms. The van der Waals surface area contributed by atoms with Gasteiger partial charge < -0.3 is 9.84 Å². The normalized spacial score (nSPS) is 10.3. The first kappa shape index (κ1) is 14.9. The van der Waals surface area contributed by atoms with Crippen LogP contribution in [0, 0.1) is 0 Å². The topological polar surface area (TPSA) is 46.5 Å². The van der Waals surface area contributed by atoms with E-state index in [9.17, 15) is 9.90 Å². The molecule has 0 aliphatic rings. The highest BCUT2D eigenvalue weighted by Gasteiger charge is 2.10. The molecule has 3 nitrogen and oxygen atoms in total. The second kappa shape index (κ2) is 6.36. The van der Waals surface area contributed by atoms with Crippen molar-refractivity contribution in [3.63, 3.8) is 0 Å². The number of hydrogen-bond donors (Lipinski definition) is 1. The molecule has 0 unspecified atom stereocenters. The Bertz CT molecular complexity index is 818. The van der Waals surface area contributed by atoms with Gasteiger partial charge >= 0.3 is 5.97 Å². The van der Waals surface area contributed by atoms with Gasteiger partial charge in [-0.05, 0) is 40.5 Å². The van der Waals surface area contributed by atoms with E-state index in [1.54, 1.807) is 19.2 Å². The molecule has 3 aromatic carbocycles. The Balaban J connectivity index is 1.94. The number of carboxylic acids is 1. The minimum atomic E-state index is -0.917. The summed E-state index contributed by atoms with van der Waals surface area (Å²) in [6, 6.07) is 22.7. The molecule has 0 heterocycles. The zero-order chi connectivity index (χ0) is 16.2. The molecule has 23 heavy (non-hydrogen) atoms. The van der Waals surface area contributed by atoms with Gasteiger partial charge in [0, 0.05) is 0 Å². The number of carboxylic acid groups (broad SMARTS) is 1. The highest BCUT2D eigenvalue weighted by atomic mass is 16.5. The molecular weight excluding hydrogens is 288 g/mol. The molecule has 1 N–H and O–H groups in total. The van der Waals surface area contributed by atoms with Crippen LogP contribution in [0.15, 0.2) is 72.8 Å². The predicted molar refractivity (Wildman–Crippen MR) is 90.8 cm³/mol. The molecule has 0 aliphatic heterocycles. The second-order valence-corrected chi connectivity index (χ2v) is 5.16. The largest absolute Gasteiger partial charge is 0.497 e. The summed E-state index contributed by atoms with van der Waals surface area (Å²) in [7, 11) is 1.64. The first-order chi connectivity index (χ1) is 11.2. The Morgan fingerprint density at radius 1 is 0.783 bits per heavy atom. The average molecular weight is 304 g/mol. The van der Waals surface area contributed by atoms with Crippen molar-refractivity contribution < 1.29 is 14.6 Å². The van der Waals surface area contributed by atoms with Crippen molar-refractivity contribution >= 4 is 5.97 Å². The first-order valence-electron chi connectivity index (χ1n) is 7.26. The third-order valence-corrected chi connectivity index (χ3v) is 3.78. The maximum atomic E-state index is 11.3. The fourth-order valence-electron chi connectivity index (χ4n) is 2.55. The molecule has 0 atom stereocenters. The lowest BCUT2D eigenvalue weighted by Crippen LogP contribution is -1.98. The van der Waals surface area contributed by atoms with Crippen LogP contribution in [-0.4, -0.2) is 18.2 Å². The smallest absolute Gasteiger partial charge is 0.336 e. The van der Waals surface area contributed by atoms with E-state index in [2.05, 4.69) is 0 Å². The minimum Gasteiger partial charge on any atom is -0.497 e. The summed E-state index contributed by atoms with van der Waals surface area (Å²) in [6.45, 7) is 0. The van der Waals surface area contributed by atoms with Crippen molar-refractivity contribution in [3.05, 3.63) is 78.4 Å². The minimum absolute atomic E-state index is 0.310. The van der Waals surface area contributed by atoms with E-state index in [1.165, 1.54) is 0 Å². The van der Waals surface area contributed by atoms with Crippen LogP contribution in [0.2, 0.25) is 0 Å². The number of methoxy groups -OCH3 is 1. The monoisotopic (exact) mass is 304 g/mol. The van der Waals surface area contributed by atoms with Crippen LogP contribution < -0.4 is 4.74 Å². The Morgan fingerprint density at radius 3 is 1.87 bits per heavy atom. The van der Waals surface area contributed by atoms with E-state index in [1.807, 2.05) is 60.7 Å². The van der Waals surface area contributed by atoms with E-state index < -0.39 is 5.97 Å². The van der Waals surface area contributed by atoms with Crippen molar-refractivity contribution in [2.75, 3.05) is 7.11 Å². The quantitative estimate of drug-likeness (QED) is 0.758. The Morgan fingerprint density at radius 2 is 1.30 bits per heavy atom. The molecule has 0 amide bonds. The molecule has 0 fully saturated rings. The van der Waals surface area contributed by atoms with Gasteiger partial charge in [0.15, 0.2) is 0 Å². The molecule has 0 aliphatic carbocycles. The van der Waals surface area contributed by atoms with Crippen LogP contribution >= 0.6 is 0 Å². The van der Waals surface area contributed by atoms with Crippen molar-refractivity contribution in [1.82, 2.24) is 0 Å². The maximum Gasteiger partial charge on any atom is 0.336 e. The van der Waals surface area contributed by atoms with Gasteiger partial charge in [0.1, 0.15) is 5.75 Å². The molecule has 0 spiro atoms. The van der Waals surface area contributed by atoms with Gasteiger partial charge in [-0.3, -0.25) is 0 Å². The number of ether oxygens (including phenoxy) is 1. The lowest BCUT2D eigenvalue weighted by atomic mass is 9.97. The fourth-order valence-corrected chi connectivity index (χ4v) is 2.55. The number of carbonyl (C=O) groups is 1. The van der Waals surface area contributed by atoms with Crippen molar-refractivity contribution in [1.29, 1.82) is 0 Å². The van der Waals surface area contributed by atoms with Crippen LogP contribution in [0.3, 0.4) is 0 Å². The third-order valence-electron chi connectivity index (χ3n) is 3.78. The van der Waals surface area contributed by atoms with Gasteiger partial charge in [0.25, 0.3) is 0 Å². The van der Waals surface area contributed by atoms with Gasteiger partial charge in [-0.15, -0.1) is 0 Å². The molecular formula is C20H16O3. The molecule has 0 saturated heterocycles. The summed E-state index contributed by atoms with van der Waals surface area (Å²) in [5.74, 6) is -0.0967. The number of benzene rings is 3. The maximum absolute atomic E-state index is 11.3. The number of aromatic carboxylic acids is 1. The SMILES string of the molecule is COc1ccc(-c2ccc(-c3ccccc3C(=O)O)cc2)cc1. The first-order valence-corrected chi connectivity index (χ1v) is 7.26. The van der Waals surface area contributed by atoms with Gasteiger partial charge in [0.05, 0.1) is 12.7 Å². The molecule has 3 rings (SSSR count). The van der Waals surface area contributed by atoms with Gasteiger partial charge in [-0.2, -0.15) is 0 Å². The highest BCUT2D eigenvalue weighted by molar-refractivity contribution is 5.96. The summed E-state index contributed by atoms with van der Waals surface area (Å²) in [4.78, 5) is 11.3. The summed E-state index contributed by atoms with van der Waals surface area (Å²) in [5.41, 5.74) is 4.08. The standard InChI is InChI=1S/C20H16O3/c1-23-17-12-10-15(11-13-17)14-6-8-16(9-7-14)18-4-2-3-5-19(18)20(21)22/h2-13H,1H3,(H,21,22). The molecule has 3 aromatic rings. The fraction of sp³-hybridized carbons (Fsp3) is 0.0500. The Kier molecular flexibility index (Phi) is 4.11. The van der Waals surface area contributed by atoms with E-state index in [4.69, 9.17) is 4.74 Å². The molecule has 114 valence electrons. The van der Waals surface area contributed by atoms with Gasteiger partial charge in [-0.1, -0.05) is 54.6 Å². The summed E-state index contributed by atoms with van der Waals surface area (Å²) in [5, 5.41) is 9.30. The zero-order valence-corrected chi connectivity index (χ0v) is 12.7. The lowest BCUT2D eigenvalue weighted by Gasteiger charge is -2.08. The summed E-state index contributed by atoms with van der Waals surface area (Å²) in [6.07, 6.45) is 0. The van der Waals surface area contributed by atoms with Gasteiger partial charge in [-0.25, -0.2) is 4.79 Å². The lowest BCUT2D eigenvalue weighted by molar-refractivity contribution is 0.0697. The van der Waals surface area contributed by atoms with E-state index >= 15 is 0 Å². The van der Waals surface area contributed by atoms with Gasteiger partial charge in [0.2, 0.25) is 0 Å². The number of hydrogen-bond acceptors (Lipinski definition) is 2. The van der Waals surface area contributed by atoms with Crippen molar-refractivity contribution in [2.24, 2.45) is 0 Å². The van der Waals surface area contributed by atoms with Crippen LogP contribution in [0.25, 0.3) is 22.3 Å². The van der Waals surface area contributed by atoms with Crippen LogP contribution in [-0.2, 0) is 0 Å². The van der Waals surface area contributed by atoms with E-state index in [0.29, 0.717) is 5.56 Å². The Hall–Kier alpha value is -3.07. The highest BCUT2D eigenvalue weighted by Crippen LogP contribution is 2.28. The van der Waals surface area contributed by atoms with E-state index in [0.717, 1.165) is 28.0 Å². The third kappa shape index (κ3) is 3.09. The molecule has 0 saturated carbocycles. The van der Waals surface area contributed by atoms with Crippen LogP contribution in [0.5, 0.6) is 5.75 Å². The molecule has 0 radical (unpaired) electrons. The van der Waals surface area contributed by atoms with Crippen molar-refractivity contribution in [2.45, 2.75) is 0 Å². The van der Waals surface area contributed by atoms with Crippen LogP contribution in [0.1, 0.15) is 10.4 Å². The number of rotatable bonds is 4. The summed E-state index contributed by atoms with van der Waals surface area (Å²) < 4.78 is 5.16. The summed E-state index contributed by atoms with van der Waals surface area (Å²) >= 11 is 0. The second-order valence-electron chi connectivity index (χ2n) is 5.16. The molecule has 0 bridgehead atoms. The van der Waals surface area contributed by atoms with Crippen molar-refractivity contribution in [3.8, 4) is 28.0 Å². The van der Waals surface area contributed by atoms with E-state index in [-0.39, 0.29) is 0 Å². The average Bonchev–Trinajstić information content (AvgIpc) is 2.62. The molecule has 0 aromatic heterocycles. The zero-order valence-electron chi connectivity index (χ0n) is 12.7.